The van der Waals surface area contributed by atoms with Gasteiger partial charge in [-0.2, -0.15) is 0 Å². The normalized spacial score (nSPS) is 14.8. The van der Waals surface area contributed by atoms with Crippen LogP contribution in [-0.2, 0) is 28.1 Å². The van der Waals surface area contributed by atoms with E-state index >= 15 is 0 Å². The Balaban J connectivity index is 1.27. The van der Waals surface area contributed by atoms with Gasteiger partial charge >= 0.3 is 21.4 Å². The van der Waals surface area contributed by atoms with Gasteiger partial charge in [0.05, 0.1) is 36.4 Å². The molecule has 1 aliphatic rings. The van der Waals surface area contributed by atoms with Gasteiger partial charge in [-0.1, -0.05) is 133 Å². The van der Waals surface area contributed by atoms with E-state index in [4.69, 9.17) is 13.7 Å². The number of nitrogens with one attached hydrogen (secondary N) is 6. The number of amides is 6. The smallest absolute Gasteiger partial charge is 0.450 e. The zero-order valence-electron chi connectivity index (χ0n) is 44.3. The van der Waals surface area contributed by atoms with Gasteiger partial charge in [0.1, 0.15) is 35.2 Å². The Labute approximate surface area is 454 Å². The predicted molar refractivity (Wildman–Crippen MR) is 291 cm³/mol. The van der Waals surface area contributed by atoms with E-state index in [-0.39, 0.29) is 54.1 Å². The first-order valence-corrected chi connectivity index (χ1v) is 25.9. The van der Waals surface area contributed by atoms with Crippen LogP contribution in [0.4, 0.5) is 0 Å². The highest BCUT2D eigenvalue weighted by molar-refractivity contribution is 6.75. The molecule has 0 unspecified atom stereocenters. The molecule has 21 nitrogen and oxygen atoms in total. The SMILES string of the molecule is CC(C)C[C@@H](NC(=O)[C@@H](NC(=O)c1cnccn1)c1ccccc1)B1OB([C@@H](CC(C)C)NC(=O)[C@@H](NC(=O)c2cnccn2)c2ccccc2)OB([C@@H](CC(C)C)NC(=O)[C@@H](NC(=O)c2cnccn2)c2ccccc2)O1. The summed E-state index contributed by atoms with van der Waals surface area (Å²) < 4.78 is 20.5. The first-order valence-electron chi connectivity index (χ1n) is 25.9. The lowest BCUT2D eigenvalue weighted by atomic mass is 9.58. The molecule has 78 heavy (non-hydrogen) atoms. The summed E-state index contributed by atoms with van der Waals surface area (Å²) in [5.41, 5.74) is 1.39. The lowest BCUT2D eigenvalue weighted by Gasteiger charge is -2.41. The van der Waals surface area contributed by atoms with Gasteiger partial charge in [0.15, 0.2) is 0 Å². The van der Waals surface area contributed by atoms with Gasteiger partial charge < -0.3 is 45.6 Å². The lowest BCUT2D eigenvalue weighted by molar-refractivity contribution is -0.124. The molecule has 402 valence electrons. The van der Waals surface area contributed by atoms with Crippen molar-refractivity contribution >= 4 is 56.8 Å². The van der Waals surface area contributed by atoms with Crippen LogP contribution in [0.5, 0.6) is 0 Å². The summed E-state index contributed by atoms with van der Waals surface area (Å²) in [6, 6.07) is 22.4. The van der Waals surface area contributed by atoms with Crippen LogP contribution in [0.3, 0.4) is 0 Å². The highest BCUT2D eigenvalue weighted by atomic mass is 16.7. The van der Waals surface area contributed by atoms with E-state index in [9.17, 15) is 28.8 Å². The number of carbonyl (C=O) groups excluding carboxylic acids is 6. The molecule has 6 N–H and O–H groups in total. The molecular weight excluding hydrogens is 993 g/mol. The number of carbonyl (C=O) groups is 6. The van der Waals surface area contributed by atoms with Gasteiger partial charge in [-0.05, 0) is 53.7 Å². The fourth-order valence-corrected chi connectivity index (χ4v) is 8.80. The van der Waals surface area contributed by atoms with E-state index in [2.05, 4.69) is 61.8 Å². The largest absolute Gasteiger partial charge is 0.453 e. The van der Waals surface area contributed by atoms with Gasteiger partial charge in [-0.3, -0.25) is 43.7 Å². The second-order valence-electron chi connectivity index (χ2n) is 20.0. The van der Waals surface area contributed by atoms with Crippen molar-refractivity contribution in [2.45, 2.75) is 96.8 Å². The fraction of sp³-hybridized carbons (Fsp3) is 0.333. The molecule has 6 atom stereocenters. The molecule has 24 heteroatoms. The molecule has 0 aliphatic carbocycles. The molecule has 0 bridgehead atoms. The summed E-state index contributed by atoms with van der Waals surface area (Å²) in [5.74, 6) is -6.88. The third kappa shape index (κ3) is 16.4. The maximum absolute atomic E-state index is 14.9. The van der Waals surface area contributed by atoms with Crippen molar-refractivity contribution < 1.29 is 42.5 Å². The average molecular weight is 1060 g/mol. The lowest BCUT2D eigenvalue weighted by Crippen LogP contribution is -2.68. The quantitative estimate of drug-likeness (QED) is 0.0452. The Hall–Kier alpha value is -8.21. The summed E-state index contributed by atoms with van der Waals surface area (Å²) in [6.07, 6.45) is 13.1. The molecule has 0 radical (unpaired) electrons. The second kappa shape index (κ2) is 28.3. The number of benzene rings is 3. The zero-order chi connectivity index (χ0) is 55.6. The number of aromatic nitrogens is 6. The standard InChI is InChI=1S/C54H63B3N12O9/c1-34(2)28-43(64-52(73)46(37-16-10-7-11-17-37)67-49(70)40-31-58-22-25-61-40)55-76-56(44(29-35(3)4)65-53(74)47(38-18-12-8-13-19-38)68-50(71)41-32-59-23-26-62-41)78-57(77-55)45(30-36(5)6)66-54(75)48(39-20-14-9-15-21-39)69-51(72)42-33-60-24-27-63-42/h7-27,31-36,43-48H,28-30H2,1-6H3,(H,64,73)(H,65,74)(H,66,75)(H,67,70)(H,68,71)(H,69,72)/t43-,44-,45-,46+,47+,48+/m1/s1. The molecule has 4 heterocycles. The number of rotatable bonds is 24. The van der Waals surface area contributed by atoms with Gasteiger partial charge in [0.2, 0.25) is 17.7 Å². The Morgan fingerprint density at radius 3 is 0.859 bits per heavy atom. The Morgan fingerprint density at radius 2 is 0.641 bits per heavy atom. The summed E-state index contributed by atoms with van der Waals surface area (Å²) in [7, 11) is -3.98. The van der Waals surface area contributed by atoms with Crippen LogP contribution >= 0.6 is 0 Å². The zero-order valence-corrected chi connectivity index (χ0v) is 44.3. The first kappa shape index (κ1) is 57.5. The molecular formula is C54H63B3N12O9. The number of hydrogen-bond donors (Lipinski definition) is 6. The minimum atomic E-state index is -1.33. The van der Waals surface area contributed by atoms with Crippen molar-refractivity contribution in [3.8, 4) is 0 Å². The van der Waals surface area contributed by atoms with Crippen molar-refractivity contribution in [3.63, 3.8) is 0 Å². The first-order chi connectivity index (χ1) is 37.6. The number of hydrogen-bond acceptors (Lipinski definition) is 15. The minimum Gasteiger partial charge on any atom is -0.450 e. The summed E-state index contributed by atoms with van der Waals surface area (Å²) in [6.45, 7) is 11.7. The molecule has 3 aromatic carbocycles. The molecule has 0 saturated carbocycles. The Kier molecular flexibility index (Phi) is 20.8. The van der Waals surface area contributed by atoms with E-state index in [1.54, 1.807) is 91.0 Å². The van der Waals surface area contributed by atoms with Crippen molar-refractivity contribution in [1.82, 2.24) is 61.8 Å². The summed E-state index contributed by atoms with van der Waals surface area (Å²) in [5, 5.41) is 17.8. The third-order valence-electron chi connectivity index (χ3n) is 12.3. The molecule has 7 rings (SSSR count). The Morgan fingerprint density at radius 1 is 0.385 bits per heavy atom. The van der Waals surface area contributed by atoms with E-state index < -0.39 is 92.7 Å². The molecule has 1 aliphatic heterocycles. The second-order valence-corrected chi connectivity index (χ2v) is 20.0. The third-order valence-corrected chi connectivity index (χ3v) is 12.3. The highest BCUT2D eigenvalue weighted by Gasteiger charge is 2.52. The van der Waals surface area contributed by atoms with Crippen LogP contribution in [0.15, 0.2) is 147 Å². The highest BCUT2D eigenvalue weighted by Crippen LogP contribution is 2.26. The van der Waals surface area contributed by atoms with Crippen LogP contribution in [0, 0.1) is 17.8 Å². The average Bonchev–Trinajstić information content (AvgIpc) is 3.47. The van der Waals surface area contributed by atoms with E-state index in [0.29, 0.717) is 16.7 Å². The summed E-state index contributed by atoms with van der Waals surface area (Å²) >= 11 is 0. The van der Waals surface area contributed by atoms with Crippen molar-refractivity contribution in [1.29, 1.82) is 0 Å². The van der Waals surface area contributed by atoms with Gasteiger partial charge in [0.25, 0.3) is 17.7 Å². The molecule has 1 saturated heterocycles. The molecule has 6 amide bonds. The molecule has 0 spiro atoms. The van der Waals surface area contributed by atoms with Crippen LogP contribution in [-0.4, -0.2) is 105 Å². The van der Waals surface area contributed by atoms with Crippen LogP contribution < -0.4 is 31.9 Å². The maximum atomic E-state index is 14.9. The predicted octanol–water partition coefficient (Wildman–Crippen LogP) is 4.61. The number of nitrogens with zero attached hydrogens (tertiary/aromatic N) is 6. The van der Waals surface area contributed by atoms with E-state index in [1.165, 1.54) is 55.8 Å². The molecule has 6 aromatic rings. The minimum absolute atomic E-state index is 0.00570. The van der Waals surface area contributed by atoms with E-state index in [0.717, 1.165) is 0 Å². The van der Waals surface area contributed by atoms with Crippen molar-refractivity contribution in [2.75, 3.05) is 0 Å². The fourth-order valence-electron chi connectivity index (χ4n) is 8.80. The van der Waals surface area contributed by atoms with Crippen molar-refractivity contribution in [3.05, 3.63) is 181 Å². The van der Waals surface area contributed by atoms with Crippen LogP contribution in [0.2, 0.25) is 0 Å². The monoisotopic (exact) mass is 1060 g/mol. The van der Waals surface area contributed by atoms with Gasteiger partial charge in [-0.15, -0.1) is 0 Å². The van der Waals surface area contributed by atoms with E-state index in [1.807, 2.05) is 41.5 Å². The molecule has 1 fully saturated rings. The van der Waals surface area contributed by atoms with Crippen LogP contribution in [0.25, 0.3) is 0 Å². The molecule has 3 aromatic heterocycles. The van der Waals surface area contributed by atoms with Crippen LogP contribution in [0.1, 0.15) is 127 Å². The van der Waals surface area contributed by atoms with Gasteiger partial charge in [-0.25, -0.2) is 15.0 Å². The maximum Gasteiger partial charge on any atom is 0.453 e. The Bertz CT molecular complexity index is 2580. The topological polar surface area (TPSA) is 280 Å². The summed E-state index contributed by atoms with van der Waals surface area (Å²) in [4.78, 5) is 110. The van der Waals surface area contributed by atoms with Gasteiger partial charge in [0, 0.05) is 37.2 Å². The van der Waals surface area contributed by atoms with Crippen molar-refractivity contribution in [2.24, 2.45) is 17.8 Å².